The van der Waals surface area contributed by atoms with Crippen LogP contribution in [0.2, 0.25) is 0 Å². The average Bonchev–Trinajstić information content (AvgIpc) is 2.37. The molecule has 0 bridgehead atoms. The molecule has 3 N–H and O–H groups in total. The second kappa shape index (κ2) is 10.1. The first-order chi connectivity index (χ1) is 9.33. The highest BCUT2D eigenvalue weighted by atomic mass is 16.7. The lowest BCUT2D eigenvalue weighted by molar-refractivity contribution is -0.160. The van der Waals surface area contributed by atoms with Gasteiger partial charge in [-0.15, -0.1) is 0 Å². The summed E-state index contributed by atoms with van der Waals surface area (Å²) in [5.74, 6) is -0.205. The number of ether oxygens (including phenoxy) is 2. The number of nitrogens with zero attached hydrogens (tertiary/aromatic N) is 1. The Balaban J connectivity index is 4.77. The quantitative estimate of drug-likeness (QED) is 0.575. The van der Waals surface area contributed by atoms with Crippen LogP contribution in [0.25, 0.3) is 0 Å². The highest BCUT2D eigenvalue weighted by Gasteiger charge is 2.25. The highest BCUT2D eigenvalue weighted by Crippen LogP contribution is 2.09. The number of amides is 1. The number of carbonyl (C=O) groups excluding carboxylic acids is 1. The average molecular weight is 290 g/mol. The van der Waals surface area contributed by atoms with Crippen molar-refractivity contribution < 1.29 is 19.4 Å². The Morgan fingerprint density at radius 2 is 1.65 bits per heavy atom. The summed E-state index contributed by atoms with van der Waals surface area (Å²) >= 11 is 0. The summed E-state index contributed by atoms with van der Waals surface area (Å²) in [6.07, 6.45) is -0.954. The van der Waals surface area contributed by atoms with Gasteiger partial charge in [0.05, 0.1) is 18.7 Å². The molecule has 0 aliphatic carbocycles. The molecule has 0 rings (SSSR count). The van der Waals surface area contributed by atoms with E-state index >= 15 is 0 Å². The molecule has 0 fully saturated rings. The predicted molar refractivity (Wildman–Crippen MR) is 78.1 cm³/mol. The molecule has 3 atom stereocenters. The SMILES string of the molecule is CCOC(CN(CC(C)C(C)O)C(=O)C(C)N)OCC. The first-order valence-corrected chi connectivity index (χ1v) is 7.29. The Labute approximate surface area is 122 Å². The predicted octanol–water partition coefficient (Wildman–Crippen LogP) is 0.578. The van der Waals surface area contributed by atoms with Gasteiger partial charge in [-0.05, 0) is 33.6 Å². The zero-order chi connectivity index (χ0) is 15.7. The van der Waals surface area contributed by atoms with Crippen LogP contribution >= 0.6 is 0 Å². The molecule has 0 saturated heterocycles. The van der Waals surface area contributed by atoms with Crippen LogP contribution in [0, 0.1) is 5.92 Å². The van der Waals surface area contributed by atoms with Gasteiger partial charge >= 0.3 is 0 Å². The highest BCUT2D eigenvalue weighted by molar-refractivity contribution is 5.81. The fourth-order valence-electron chi connectivity index (χ4n) is 1.75. The third-order valence-corrected chi connectivity index (χ3v) is 3.11. The van der Waals surface area contributed by atoms with E-state index in [0.29, 0.717) is 26.3 Å². The van der Waals surface area contributed by atoms with E-state index in [-0.39, 0.29) is 11.8 Å². The second-order valence-corrected chi connectivity index (χ2v) is 5.09. The lowest BCUT2D eigenvalue weighted by atomic mass is 10.1. The number of hydrogen-bond acceptors (Lipinski definition) is 5. The van der Waals surface area contributed by atoms with Crippen molar-refractivity contribution in [2.45, 2.75) is 53.1 Å². The normalized spacial score (nSPS) is 16.0. The topological polar surface area (TPSA) is 85.0 Å². The summed E-state index contributed by atoms with van der Waals surface area (Å²) in [4.78, 5) is 13.8. The third kappa shape index (κ3) is 7.19. The molecule has 0 spiro atoms. The first-order valence-electron chi connectivity index (χ1n) is 7.29. The van der Waals surface area contributed by atoms with Gasteiger partial charge in [0.1, 0.15) is 0 Å². The molecule has 20 heavy (non-hydrogen) atoms. The van der Waals surface area contributed by atoms with Crippen molar-refractivity contribution in [3.8, 4) is 0 Å². The van der Waals surface area contributed by atoms with Gasteiger partial charge in [0.25, 0.3) is 0 Å². The van der Waals surface area contributed by atoms with E-state index in [9.17, 15) is 9.90 Å². The van der Waals surface area contributed by atoms with Crippen LogP contribution in [-0.2, 0) is 14.3 Å². The maximum absolute atomic E-state index is 12.2. The fraction of sp³-hybridized carbons (Fsp3) is 0.929. The maximum atomic E-state index is 12.2. The van der Waals surface area contributed by atoms with E-state index in [0.717, 1.165) is 0 Å². The summed E-state index contributed by atoms with van der Waals surface area (Å²) in [5, 5.41) is 9.60. The zero-order valence-corrected chi connectivity index (χ0v) is 13.3. The Hall–Kier alpha value is -0.690. The van der Waals surface area contributed by atoms with Crippen molar-refractivity contribution in [2.75, 3.05) is 26.3 Å². The van der Waals surface area contributed by atoms with Crippen molar-refractivity contribution in [1.82, 2.24) is 4.90 Å². The molecule has 0 aliphatic rings. The van der Waals surface area contributed by atoms with E-state index in [1.54, 1.807) is 18.7 Å². The smallest absolute Gasteiger partial charge is 0.239 e. The van der Waals surface area contributed by atoms with Crippen molar-refractivity contribution in [3.63, 3.8) is 0 Å². The molecule has 6 heteroatoms. The minimum absolute atomic E-state index is 0.0402. The molecular formula is C14H30N2O4. The van der Waals surface area contributed by atoms with Gasteiger partial charge in [-0.1, -0.05) is 6.92 Å². The largest absolute Gasteiger partial charge is 0.393 e. The van der Waals surface area contributed by atoms with Gasteiger partial charge in [0.2, 0.25) is 5.91 Å². The minimum atomic E-state index is -0.583. The van der Waals surface area contributed by atoms with Gasteiger partial charge in [0, 0.05) is 19.8 Å². The van der Waals surface area contributed by atoms with Gasteiger partial charge < -0.3 is 25.2 Å². The van der Waals surface area contributed by atoms with Crippen molar-refractivity contribution in [1.29, 1.82) is 0 Å². The second-order valence-electron chi connectivity index (χ2n) is 5.09. The van der Waals surface area contributed by atoms with Crippen molar-refractivity contribution >= 4 is 5.91 Å². The van der Waals surface area contributed by atoms with Crippen LogP contribution in [0.5, 0.6) is 0 Å². The third-order valence-electron chi connectivity index (χ3n) is 3.11. The number of rotatable bonds is 10. The van der Waals surface area contributed by atoms with Crippen molar-refractivity contribution in [2.24, 2.45) is 11.7 Å². The molecule has 1 amide bonds. The van der Waals surface area contributed by atoms with Crippen LogP contribution in [0.15, 0.2) is 0 Å². The minimum Gasteiger partial charge on any atom is -0.393 e. The van der Waals surface area contributed by atoms with E-state index in [4.69, 9.17) is 15.2 Å². The Morgan fingerprint density at radius 3 is 2.00 bits per heavy atom. The van der Waals surface area contributed by atoms with Crippen LogP contribution in [0.3, 0.4) is 0 Å². The van der Waals surface area contributed by atoms with Gasteiger partial charge in [-0.3, -0.25) is 4.79 Å². The molecule has 120 valence electrons. The maximum Gasteiger partial charge on any atom is 0.239 e. The molecule has 0 radical (unpaired) electrons. The molecule has 0 aliphatic heterocycles. The van der Waals surface area contributed by atoms with Gasteiger partial charge in [-0.25, -0.2) is 0 Å². The van der Waals surface area contributed by atoms with E-state index in [1.165, 1.54) is 0 Å². The molecule has 0 aromatic rings. The lowest BCUT2D eigenvalue weighted by Crippen LogP contribution is -2.49. The summed E-state index contributed by atoms with van der Waals surface area (Å²) in [7, 11) is 0. The summed E-state index contributed by atoms with van der Waals surface area (Å²) in [6, 6.07) is -0.583. The molecular weight excluding hydrogens is 260 g/mol. The summed E-state index contributed by atoms with van der Waals surface area (Å²) in [6.45, 7) is 10.8. The van der Waals surface area contributed by atoms with Crippen LogP contribution < -0.4 is 5.73 Å². The van der Waals surface area contributed by atoms with Crippen LogP contribution in [0.4, 0.5) is 0 Å². The van der Waals surface area contributed by atoms with Gasteiger partial charge in [-0.2, -0.15) is 0 Å². The fourth-order valence-corrected chi connectivity index (χ4v) is 1.75. The molecule has 6 nitrogen and oxygen atoms in total. The Bertz CT molecular complexity index is 266. The Kier molecular flexibility index (Phi) is 9.75. The monoisotopic (exact) mass is 290 g/mol. The molecule has 0 heterocycles. The van der Waals surface area contributed by atoms with E-state index < -0.39 is 18.4 Å². The number of carbonyl (C=O) groups is 1. The number of aliphatic hydroxyl groups is 1. The Morgan fingerprint density at radius 1 is 1.15 bits per heavy atom. The number of aliphatic hydroxyl groups excluding tert-OH is 1. The molecule has 0 saturated carbocycles. The van der Waals surface area contributed by atoms with Crippen molar-refractivity contribution in [3.05, 3.63) is 0 Å². The van der Waals surface area contributed by atoms with E-state index in [1.807, 2.05) is 20.8 Å². The molecule has 0 aromatic heterocycles. The molecule has 0 aromatic carbocycles. The van der Waals surface area contributed by atoms with Gasteiger partial charge in [0.15, 0.2) is 6.29 Å². The number of hydrogen-bond donors (Lipinski definition) is 2. The summed E-state index contributed by atoms with van der Waals surface area (Å²) in [5.41, 5.74) is 5.68. The molecule has 3 unspecified atom stereocenters. The summed E-state index contributed by atoms with van der Waals surface area (Å²) < 4.78 is 10.9. The number of nitrogens with two attached hydrogens (primary N) is 1. The first kappa shape index (κ1) is 19.3. The van der Waals surface area contributed by atoms with Crippen LogP contribution in [0.1, 0.15) is 34.6 Å². The van der Waals surface area contributed by atoms with E-state index in [2.05, 4.69) is 0 Å². The standard InChI is InChI=1S/C14H30N2O4/c1-6-19-13(20-7-2)9-16(14(18)11(4)15)8-10(3)12(5)17/h10-13,17H,6-9,15H2,1-5H3. The lowest BCUT2D eigenvalue weighted by Gasteiger charge is -2.31. The van der Waals surface area contributed by atoms with Crippen LogP contribution in [-0.4, -0.2) is 60.7 Å². The zero-order valence-electron chi connectivity index (χ0n) is 13.3.